The van der Waals surface area contributed by atoms with Crippen LogP contribution in [-0.4, -0.2) is 0 Å². The first-order valence-electron chi connectivity index (χ1n) is 15.7. The molecule has 1 aromatic heterocycles. The average molecular weight is 588 g/mol. The van der Waals surface area contributed by atoms with E-state index in [0.29, 0.717) is 0 Å². The second kappa shape index (κ2) is 10.8. The molecule has 0 spiro atoms. The lowest BCUT2D eigenvalue weighted by atomic mass is 9.96. The molecule has 46 heavy (non-hydrogen) atoms. The van der Waals surface area contributed by atoms with Crippen LogP contribution in [0.1, 0.15) is 0 Å². The number of hydrogen-bond acceptors (Lipinski definition) is 2. The van der Waals surface area contributed by atoms with Crippen molar-refractivity contribution in [3.05, 3.63) is 176 Å². The van der Waals surface area contributed by atoms with Crippen molar-refractivity contribution >= 4 is 60.5 Å². The normalized spacial score (nSPS) is 11.5. The Labute approximate surface area is 267 Å². The van der Waals surface area contributed by atoms with Gasteiger partial charge in [0, 0.05) is 32.5 Å². The molecule has 216 valence electrons. The van der Waals surface area contributed by atoms with Crippen LogP contribution in [0.5, 0.6) is 0 Å². The van der Waals surface area contributed by atoms with E-state index >= 15 is 0 Å². The van der Waals surface area contributed by atoms with Crippen LogP contribution in [0.4, 0.5) is 17.1 Å². The van der Waals surface area contributed by atoms with Crippen molar-refractivity contribution < 1.29 is 4.42 Å². The summed E-state index contributed by atoms with van der Waals surface area (Å²) in [6, 6.07) is 62.7. The van der Waals surface area contributed by atoms with Crippen LogP contribution >= 0.6 is 0 Å². The molecule has 9 aromatic rings. The Kier molecular flexibility index (Phi) is 6.17. The monoisotopic (exact) mass is 587 g/mol. The first kappa shape index (κ1) is 26.3. The van der Waals surface area contributed by atoms with Crippen LogP contribution in [0.15, 0.2) is 180 Å². The van der Waals surface area contributed by atoms with E-state index < -0.39 is 0 Å². The molecule has 2 heteroatoms. The topological polar surface area (TPSA) is 16.4 Å². The maximum absolute atomic E-state index is 6.72. The van der Waals surface area contributed by atoms with E-state index in [-0.39, 0.29) is 0 Å². The maximum Gasteiger partial charge on any atom is 0.143 e. The predicted molar refractivity (Wildman–Crippen MR) is 194 cm³/mol. The van der Waals surface area contributed by atoms with Crippen LogP contribution in [-0.2, 0) is 0 Å². The van der Waals surface area contributed by atoms with Crippen LogP contribution in [0.3, 0.4) is 0 Å². The van der Waals surface area contributed by atoms with Gasteiger partial charge in [0.25, 0.3) is 0 Å². The highest BCUT2D eigenvalue weighted by molar-refractivity contribution is 6.23. The lowest BCUT2D eigenvalue weighted by Crippen LogP contribution is -2.12. The number of nitrogens with zero attached hydrogens (tertiary/aromatic N) is 1. The summed E-state index contributed by atoms with van der Waals surface area (Å²) in [4.78, 5) is 2.45. The van der Waals surface area contributed by atoms with Crippen LogP contribution in [0.25, 0.3) is 65.7 Å². The Bertz CT molecular complexity index is 2520. The molecule has 0 fully saturated rings. The first-order chi connectivity index (χ1) is 22.8. The predicted octanol–water partition coefficient (Wildman–Crippen LogP) is 12.7. The number of fused-ring (bicyclic) bond motifs is 6. The molecule has 0 aliphatic heterocycles. The van der Waals surface area contributed by atoms with Crippen molar-refractivity contribution in [2.24, 2.45) is 0 Å². The molecule has 0 N–H and O–H groups in total. The van der Waals surface area contributed by atoms with Crippen molar-refractivity contribution in [2.75, 3.05) is 4.90 Å². The number of hydrogen-bond donors (Lipinski definition) is 0. The Hall–Kier alpha value is -6.12. The van der Waals surface area contributed by atoms with Crippen LogP contribution in [0.2, 0.25) is 0 Å². The lowest BCUT2D eigenvalue weighted by molar-refractivity contribution is 0.673. The maximum atomic E-state index is 6.72. The third-order valence-electron chi connectivity index (χ3n) is 9.04. The second-order valence-corrected chi connectivity index (χ2v) is 11.7. The summed E-state index contributed by atoms with van der Waals surface area (Å²) in [6.45, 7) is 0. The molecule has 2 nitrogen and oxygen atoms in total. The van der Waals surface area contributed by atoms with Gasteiger partial charge < -0.3 is 9.32 Å². The molecule has 0 atom stereocenters. The van der Waals surface area contributed by atoms with Gasteiger partial charge in [0.1, 0.15) is 11.2 Å². The Morgan fingerprint density at radius 3 is 1.74 bits per heavy atom. The number of benzene rings is 8. The molecular weight excluding hydrogens is 558 g/mol. The van der Waals surface area contributed by atoms with Crippen LogP contribution < -0.4 is 4.90 Å². The number of furan rings is 1. The van der Waals surface area contributed by atoms with Gasteiger partial charge in [-0.15, -0.1) is 0 Å². The fourth-order valence-electron chi connectivity index (χ4n) is 7.00. The fraction of sp³-hybridized carbons (Fsp3) is 0. The summed E-state index contributed by atoms with van der Waals surface area (Å²) in [7, 11) is 0. The summed E-state index contributed by atoms with van der Waals surface area (Å²) < 4.78 is 6.72. The van der Waals surface area contributed by atoms with E-state index in [1.165, 1.54) is 33.0 Å². The molecule has 0 saturated carbocycles. The van der Waals surface area contributed by atoms with E-state index in [4.69, 9.17) is 4.42 Å². The molecular formula is C44H29NO. The molecule has 8 aromatic carbocycles. The van der Waals surface area contributed by atoms with Crippen molar-refractivity contribution in [3.8, 4) is 22.3 Å². The molecule has 9 rings (SSSR count). The van der Waals surface area contributed by atoms with Gasteiger partial charge in [0.15, 0.2) is 0 Å². The van der Waals surface area contributed by atoms with E-state index in [2.05, 4.69) is 181 Å². The van der Waals surface area contributed by atoms with Gasteiger partial charge in [0.05, 0.1) is 17.1 Å². The number of anilines is 3. The molecule has 0 saturated heterocycles. The minimum atomic E-state index is 0.889. The Morgan fingerprint density at radius 1 is 0.370 bits per heavy atom. The minimum absolute atomic E-state index is 0.889. The molecule has 0 bridgehead atoms. The highest BCUT2D eigenvalue weighted by atomic mass is 16.3. The van der Waals surface area contributed by atoms with Crippen LogP contribution in [0, 0.1) is 0 Å². The Morgan fingerprint density at radius 2 is 0.935 bits per heavy atom. The number of para-hydroxylation sites is 1. The highest BCUT2D eigenvalue weighted by Crippen LogP contribution is 2.49. The molecule has 0 unspecified atom stereocenters. The zero-order valence-electron chi connectivity index (χ0n) is 25.1. The Balaban J connectivity index is 1.43. The van der Waals surface area contributed by atoms with Gasteiger partial charge in [-0.1, -0.05) is 152 Å². The van der Waals surface area contributed by atoms with Gasteiger partial charge in [-0.2, -0.15) is 0 Å². The van der Waals surface area contributed by atoms with E-state index in [9.17, 15) is 0 Å². The van der Waals surface area contributed by atoms with Crippen molar-refractivity contribution in [1.29, 1.82) is 0 Å². The highest BCUT2D eigenvalue weighted by Gasteiger charge is 2.24. The average Bonchev–Trinajstić information content (AvgIpc) is 3.52. The minimum Gasteiger partial charge on any atom is -0.455 e. The zero-order valence-corrected chi connectivity index (χ0v) is 25.1. The summed E-state index contributed by atoms with van der Waals surface area (Å²) in [5, 5.41) is 6.85. The lowest BCUT2D eigenvalue weighted by Gasteiger charge is -2.30. The molecule has 0 amide bonds. The van der Waals surface area contributed by atoms with Gasteiger partial charge in [0.2, 0.25) is 0 Å². The zero-order chi connectivity index (χ0) is 30.5. The van der Waals surface area contributed by atoms with Gasteiger partial charge in [-0.05, 0) is 46.3 Å². The van der Waals surface area contributed by atoms with E-state index in [1.54, 1.807) is 0 Å². The molecule has 0 aliphatic rings. The van der Waals surface area contributed by atoms with E-state index in [0.717, 1.165) is 49.8 Å². The number of rotatable bonds is 5. The largest absolute Gasteiger partial charge is 0.455 e. The first-order valence-corrected chi connectivity index (χ1v) is 15.7. The van der Waals surface area contributed by atoms with Crippen molar-refractivity contribution in [3.63, 3.8) is 0 Å². The van der Waals surface area contributed by atoms with Gasteiger partial charge in [-0.25, -0.2) is 0 Å². The summed E-state index contributed by atoms with van der Waals surface area (Å²) in [6.07, 6.45) is 0. The summed E-state index contributed by atoms with van der Waals surface area (Å²) in [5.74, 6) is 0. The van der Waals surface area contributed by atoms with Crippen molar-refractivity contribution in [2.45, 2.75) is 0 Å². The smallest absolute Gasteiger partial charge is 0.143 e. The fourth-order valence-corrected chi connectivity index (χ4v) is 7.00. The standard InChI is InChI=1S/C44H29NO/c1-3-15-30(16-4-1)33-22-11-12-26-39(33)45(40-27-13-20-31-19-7-8-21-34(31)40)41-29-38-43-35(32-17-5-2-6-18-32)25-14-28-42(43)46-44(38)37-24-10-9-23-36(37)41/h1-29H. The quantitative estimate of drug-likeness (QED) is 0.199. The van der Waals surface area contributed by atoms with Crippen molar-refractivity contribution in [1.82, 2.24) is 0 Å². The van der Waals surface area contributed by atoms with E-state index in [1.807, 2.05) is 0 Å². The van der Waals surface area contributed by atoms with Gasteiger partial charge >= 0.3 is 0 Å². The molecule has 0 aliphatic carbocycles. The SMILES string of the molecule is c1ccc(-c2ccccc2N(c2cccc3ccccc23)c2cc3c(oc4cccc(-c5ccccc5)c43)c3ccccc23)cc1. The molecule has 1 heterocycles. The van der Waals surface area contributed by atoms with Gasteiger partial charge in [-0.3, -0.25) is 0 Å². The second-order valence-electron chi connectivity index (χ2n) is 11.7. The third kappa shape index (κ3) is 4.19. The molecule has 0 radical (unpaired) electrons. The third-order valence-corrected chi connectivity index (χ3v) is 9.04. The summed E-state index contributed by atoms with van der Waals surface area (Å²) >= 11 is 0. The summed E-state index contributed by atoms with van der Waals surface area (Å²) in [5.41, 5.74) is 9.83.